The van der Waals surface area contributed by atoms with Crippen LogP contribution < -0.4 is 15.4 Å². The number of nitrogens with one attached hydrogen (secondary N) is 2. The lowest BCUT2D eigenvalue weighted by molar-refractivity contribution is -0.117. The van der Waals surface area contributed by atoms with Crippen LogP contribution in [0.25, 0.3) is 10.9 Å². The van der Waals surface area contributed by atoms with E-state index in [0.717, 1.165) is 54.1 Å². The van der Waals surface area contributed by atoms with Gasteiger partial charge >= 0.3 is 0 Å². The zero-order valence-electron chi connectivity index (χ0n) is 20.9. The van der Waals surface area contributed by atoms with E-state index in [-0.39, 0.29) is 5.91 Å². The van der Waals surface area contributed by atoms with Gasteiger partial charge in [0.2, 0.25) is 5.91 Å². The molecule has 2 N–H and O–H groups in total. The standard InChI is InChI=1S/C28H29ClN6O2/c1-19-4-3-5-22(14-19)37-26-9-7-21(16-24(26)29)33-28-23-15-20(6-8-25(23)30-18-31-28)32-27(36)17-35-12-10-34(2)11-13-35/h3-9,14-16,18H,10-13,17H2,1-2H3,(H,32,36)(H,30,31,33). The molecule has 0 saturated carbocycles. The molecule has 4 aromatic rings. The van der Waals surface area contributed by atoms with Gasteiger partial charge in [0.15, 0.2) is 0 Å². The summed E-state index contributed by atoms with van der Waals surface area (Å²) < 4.78 is 5.95. The van der Waals surface area contributed by atoms with E-state index in [4.69, 9.17) is 16.3 Å². The van der Waals surface area contributed by atoms with Crippen molar-refractivity contribution in [2.24, 2.45) is 0 Å². The van der Waals surface area contributed by atoms with Crippen LogP contribution in [0, 0.1) is 6.92 Å². The Kier molecular flexibility index (Phi) is 7.50. The predicted octanol–water partition coefficient (Wildman–Crippen LogP) is 5.31. The van der Waals surface area contributed by atoms with Crippen molar-refractivity contribution >= 4 is 45.6 Å². The minimum absolute atomic E-state index is 0.0359. The molecule has 5 rings (SSSR count). The van der Waals surface area contributed by atoms with Crippen molar-refractivity contribution in [1.82, 2.24) is 19.8 Å². The lowest BCUT2D eigenvalue weighted by Gasteiger charge is -2.31. The molecule has 1 saturated heterocycles. The molecule has 2 heterocycles. The summed E-state index contributed by atoms with van der Waals surface area (Å²) in [7, 11) is 2.10. The van der Waals surface area contributed by atoms with E-state index in [2.05, 4.69) is 37.4 Å². The molecule has 9 heteroatoms. The van der Waals surface area contributed by atoms with E-state index in [1.807, 2.05) is 61.5 Å². The molecule has 0 spiro atoms. The first kappa shape index (κ1) is 25.0. The zero-order chi connectivity index (χ0) is 25.8. The molecule has 1 aliphatic rings. The molecule has 1 aromatic heterocycles. The number of aromatic nitrogens is 2. The number of carbonyl (C=O) groups is 1. The topological polar surface area (TPSA) is 82.6 Å². The molecular formula is C28H29ClN6O2. The molecule has 1 aliphatic heterocycles. The fourth-order valence-electron chi connectivity index (χ4n) is 4.25. The highest BCUT2D eigenvalue weighted by molar-refractivity contribution is 6.32. The summed E-state index contributed by atoms with van der Waals surface area (Å²) >= 11 is 6.52. The van der Waals surface area contributed by atoms with Crippen LogP contribution in [0.3, 0.4) is 0 Å². The van der Waals surface area contributed by atoms with Crippen molar-refractivity contribution in [3.05, 3.63) is 77.6 Å². The van der Waals surface area contributed by atoms with Crippen LogP contribution in [-0.2, 0) is 4.79 Å². The molecule has 1 amide bonds. The Balaban J connectivity index is 1.30. The van der Waals surface area contributed by atoms with Gasteiger partial charge in [0.05, 0.1) is 17.1 Å². The fourth-order valence-corrected chi connectivity index (χ4v) is 4.47. The first-order valence-electron chi connectivity index (χ1n) is 12.2. The van der Waals surface area contributed by atoms with Gasteiger partial charge in [0.25, 0.3) is 0 Å². The third-order valence-corrected chi connectivity index (χ3v) is 6.59. The van der Waals surface area contributed by atoms with Gasteiger partial charge in [-0.05, 0) is 68.1 Å². The first-order valence-corrected chi connectivity index (χ1v) is 12.6. The lowest BCUT2D eigenvalue weighted by Crippen LogP contribution is -2.47. The fraction of sp³-hybridized carbons (Fsp3) is 0.250. The predicted molar refractivity (Wildman–Crippen MR) is 148 cm³/mol. The number of fused-ring (bicyclic) bond motifs is 1. The monoisotopic (exact) mass is 516 g/mol. The van der Waals surface area contributed by atoms with E-state index in [9.17, 15) is 4.79 Å². The zero-order valence-corrected chi connectivity index (χ0v) is 21.6. The molecule has 0 radical (unpaired) electrons. The number of aryl methyl sites for hydroxylation is 1. The molecule has 3 aromatic carbocycles. The molecule has 0 atom stereocenters. The van der Waals surface area contributed by atoms with E-state index in [0.29, 0.717) is 28.8 Å². The van der Waals surface area contributed by atoms with Crippen LogP contribution in [0.1, 0.15) is 5.56 Å². The van der Waals surface area contributed by atoms with Crippen LogP contribution in [-0.4, -0.2) is 65.4 Å². The maximum absolute atomic E-state index is 12.7. The van der Waals surface area contributed by atoms with E-state index in [1.165, 1.54) is 6.33 Å². The highest BCUT2D eigenvalue weighted by Crippen LogP contribution is 2.33. The second-order valence-electron chi connectivity index (χ2n) is 9.27. The minimum Gasteiger partial charge on any atom is -0.456 e. The van der Waals surface area contributed by atoms with Crippen molar-refractivity contribution in [2.75, 3.05) is 50.4 Å². The SMILES string of the molecule is Cc1cccc(Oc2ccc(Nc3ncnc4ccc(NC(=O)CN5CCN(C)CC5)cc34)cc2Cl)c1. The Morgan fingerprint density at radius 2 is 1.81 bits per heavy atom. The van der Waals surface area contributed by atoms with Crippen LogP contribution in [0.15, 0.2) is 67.0 Å². The van der Waals surface area contributed by atoms with E-state index < -0.39 is 0 Å². The summed E-state index contributed by atoms with van der Waals surface area (Å²) in [6.45, 7) is 6.11. The van der Waals surface area contributed by atoms with Crippen molar-refractivity contribution in [1.29, 1.82) is 0 Å². The Morgan fingerprint density at radius 3 is 2.59 bits per heavy atom. The summed E-state index contributed by atoms with van der Waals surface area (Å²) in [6.07, 6.45) is 1.51. The van der Waals surface area contributed by atoms with Crippen molar-refractivity contribution < 1.29 is 9.53 Å². The van der Waals surface area contributed by atoms with Gasteiger partial charge in [-0.3, -0.25) is 9.69 Å². The maximum Gasteiger partial charge on any atom is 0.238 e. The summed E-state index contributed by atoms with van der Waals surface area (Å²) in [6, 6.07) is 18.9. The largest absolute Gasteiger partial charge is 0.456 e. The average Bonchev–Trinajstić information content (AvgIpc) is 2.87. The third-order valence-electron chi connectivity index (χ3n) is 6.29. The summed E-state index contributed by atoms with van der Waals surface area (Å²) in [5, 5.41) is 7.60. The number of anilines is 3. The smallest absolute Gasteiger partial charge is 0.238 e. The van der Waals surface area contributed by atoms with Gasteiger partial charge < -0.3 is 20.3 Å². The van der Waals surface area contributed by atoms with Gasteiger partial charge in [-0.15, -0.1) is 0 Å². The van der Waals surface area contributed by atoms with Gasteiger partial charge in [0, 0.05) is 42.9 Å². The van der Waals surface area contributed by atoms with Crippen LogP contribution >= 0.6 is 11.6 Å². The lowest BCUT2D eigenvalue weighted by atomic mass is 10.2. The molecule has 8 nitrogen and oxygen atoms in total. The number of carbonyl (C=O) groups excluding carboxylic acids is 1. The number of amides is 1. The number of hydrogen-bond acceptors (Lipinski definition) is 7. The molecule has 37 heavy (non-hydrogen) atoms. The second kappa shape index (κ2) is 11.1. The number of ether oxygens (including phenoxy) is 1. The normalized spacial score (nSPS) is 14.5. The highest BCUT2D eigenvalue weighted by Gasteiger charge is 2.17. The van der Waals surface area contributed by atoms with Crippen molar-refractivity contribution in [3.8, 4) is 11.5 Å². The Bertz CT molecular complexity index is 1420. The Morgan fingerprint density at radius 1 is 1.00 bits per heavy atom. The van der Waals surface area contributed by atoms with Gasteiger partial charge in [-0.2, -0.15) is 0 Å². The van der Waals surface area contributed by atoms with E-state index in [1.54, 1.807) is 6.07 Å². The molecule has 0 unspecified atom stereocenters. The quantitative estimate of drug-likeness (QED) is 0.344. The number of piperazine rings is 1. The Hall–Kier alpha value is -3.72. The molecule has 190 valence electrons. The number of hydrogen-bond donors (Lipinski definition) is 2. The molecular weight excluding hydrogens is 488 g/mol. The number of nitrogens with zero attached hydrogens (tertiary/aromatic N) is 4. The number of halogens is 1. The van der Waals surface area contributed by atoms with Crippen LogP contribution in [0.4, 0.5) is 17.2 Å². The highest BCUT2D eigenvalue weighted by atomic mass is 35.5. The van der Waals surface area contributed by atoms with Crippen molar-refractivity contribution in [2.45, 2.75) is 6.92 Å². The number of likely N-dealkylation sites (N-methyl/N-ethyl adjacent to an activating group) is 1. The molecule has 0 bridgehead atoms. The van der Waals surface area contributed by atoms with Gasteiger partial charge in [-0.25, -0.2) is 9.97 Å². The minimum atomic E-state index is -0.0359. The molecule has 1 fully saturated rings. The summed E-state index contributed by atoms with van der Waals surface area (Å²) in [5.41, 5.74) is 3.33. The third kappa shape index (κ3) is 6.35. The number of benzene rings is 3. The average molecular weight is 517 g/mol. The molecule has 0 aliphatic carbocycles. The van der Waals surface area contributed by atoms with Gasteiger partial charge in [0.1, 0.15) is 23.6 Å². The number of rotatable bonds is 7. The van der Waals surface area contributed by atoms with E-state index >= 15 is 0 Å². The van der Waals surface area contributed by atoms with Crippen molar-refractivity contribution in [3.63, 3.8) is 0 Å². The second-order valence-corrected chi connectivity index (χ2v) is 9.68. The van der Waals surface area contributed by atoms with Gasteiger partial charge in [-0.1, -0.05) is 23.7 Å². The van der Waals surface area contributed by atoms with Crippen LogP contribution in [0.2, 0.25) is 5.02 Å². The maximum atomic E-state index is 12.7. The summed E-state index contributed by atoms with van der Waals surface area (Å²) in [5.74, 6) is 1.87. The Labute approximate surface area is 221 Å². The summed E-state index contributed by atoms with van der Waals surface area (Å²) in [4.78, 5) is 25.9. The van der Waals surface area contributed by atoms with Crippen LogP contribution in [0.5, 0.6) is 11.5 Å². The first-order chi connectivity index (χ1) is 17.9.